The normalized spacial score (nSPS) is 11.1. The predicted octanol–water partition coefficient (Wildman–Crippen LogP) is 3.40. The van der Waals surface area contributed by atoms with Crippen LogP contribution in [-0.4, -0.2) is 16.3 Å². The van der Waals surface area contributed by atoms with Gasteiger partial charge in [0.2, 0.25) is 0 Å². The van der Waals surface area contributed by atoms with Crippen molar-refractivity contribution in [1.82, 2.24) is 15.1 Å². The van der Waals surface area contributed by atoms with E-state index >= 15 is 0 Å². The third-order valence-electron chi connectivity index (χ3n) is 3.56. The van der Waals surface area contributed by atoms with Crippen LogP contribution in [0.2, 0.25) is 0 Å². The van der Waals surface area contributed by atoms with Crippen molar-refractivity contribution in [1.29, 1.82) is 0 Å². The predicted molar refractivity (Wildman–Crippen MR) is 79.3 cm³/mol. The molecule has 1 N–H and O–H groups in total. The molecule has 0 bridgehead atoms. The number of hydrogen-bond donors (Lipinski definition) is 1. The average Bonchev–Trinajstić information content (AvgIpc) is 2.93. The molecule has 1 heterocycles. The molecule has 0 aliphatic rings. The Morgan fingerprint density at radius 1 is 1.11 bits per heavy atom. The van der Waals surface area contributed by atoms with Crippen LogP contribution in [0.15, 0.2) is 42.6 Å². The van der Waals surface area contributed by atoms with Crippen molar-refractivity contribution in [2.24, 2.45) is 5.92 Å². The lowest BCUT2D eigenvalue weighted by molar-refractivity contribution is 0.447. The van der Waals surface area contributed by atoms with E-state index in [1.165, 1.54) is 12.8 Å². The van der Waals surface area contributed by atoms with E-state index in [2.05, 4.69) is 42.5 Å². The molecular formula is C16H23N3. The van der Waals surface area contributed by atoms with Gasteiger partial charge in [0.15, 0.2) is 0 Å². The van der Waals surface area contributed by atoms with Gasteiger partial charge >= 0.3 is 0 Å². The number of aromatic nitrogens is 2. The molecule has 0 saturated carbocycles. The Morgan fingerprint density at radius 3 is 2.53 bits per heavy atom. The Kier molecular flexibility index (Phi) is 5.16. The highest BCUT2D eigenvalue weighted by molar-refractivity contribution is 5.30. The zero-order valence-corrected chi connectivity index (χ0v) is 11.8. The molecular weight excluding hydrogens is 234 g/mol. The first-order chi connectivity index (χ1) is 9.33. The first-order valence-corrected chi connectivity index (χ1v) is 7.14. The van der Waals surface area contributed by atoms with Gasteiger partial charge in [0.05, 0.1) is 11.4 Å². The number of hydrogen-bond acceptors (Lipinski definition) is 2. The highest BCUT2D eigenvalue weighted by Gasteiger charge is 2.04. The summed E-state index contributed by atoms with van der Waals surface area (Å²) in [5.74, 6) is 0.774. The zero-order chi connectivity index (χ0) is 13.5. The van der Waals surface area contributed by atoms with Crippen molar-refractivity contribution in [3.8, 4) is 5.69 Å². The van der Waals surface area contributed by atoms with Crippen molar-refractivity contribution in [2.75, 3.05) is 6.54 Å². The Hall–Kier alpha value is -1.61. The molecule has 0 atom stereocenters. The van der Waals surface area contributed by atoms with Crippen molar-refractivity contribution in [3.63, 3.8) is 0 Å². The van der Waals surface area contributed by atoms with E-state index in [0.29, 0.717) is 0 Å². The molecule has 1 aromatic carbocycles. The quantitative estimate of drug-likeness (QED) is 0.824. The molecule has 0 aliphatic carbocycles. The second-order valence-electron chi connectivity index (χ2n) is 4.90. The summed E-state index contributed by atoms with van der Waals surface area (Å²) >= 11 is 0. The van der Waals surface area contributed by atoms with Crippen LogP contribution in [0.1, 0.15) is 32.4 Å². The second-order valence-corrected chi connectivity index (χ2v) is 4.90. The van der Waals surface area contributed by atoms with E-state index in [1.807, 2.05) is 29.1 Å². The largest absolute Gasteiger partial charge is 0.311 e. The van der Waals surface area contributed by atoms with Crippen LogP contribution in [0.3, 0.4) is 0 Å². The summed E-state index contributed by atoms with van der Waals surface area (Å²) in [7, 11) is 0. The summed E-state index contributed by atoms with van der Waals surface area (Å²) in [4.78, 5) is 0. The minimum Gasteiger partial charge on any atom is -0.311 e. The average molecular weight is 257 g/mol. The molecule has 102 valence electrons. The van der Waals surface area contributed by atoms with E-state index in [1.54, 1.807) is 0 Å². The Labute approximate surface area is 115 Å². The third kappa shape index (κ3) is 3.93. The molecule has 0 aliphatic heterocycles. The van der Waals surface area contributed by atoms with Crippen LogP contribution in [0, 0.1) is 5.92 Å². The maximum Gasteiger partial charge on any atom is 0.0766 e. The van der Waals surface area contributed by atoms with Crippen LogP contribution < -0.4 is 5.32 Å². The maximum atomic E-state index is 4.58. The van der Waals surface area contributed by atoms with Crippen LogP contribution in [-0.2, 0) is 6.54 Å². The summed E-state index contributed by atoms with van der Waals surface area (Å²) in [5.41, 5.74) is 2.20. The number of nitrogens with one attached hydrogen (secondary N) is 1. The first kappa shape index (κ1) is 13.8. The summed E-state index contributed by atoms with van der Waals surface area (Å²) < 4.78 is 1.92. The number of benzene rings is 1. The van der Waals surface area contributed by atoms with Gasteiger partial charge in [-0.05, 0) is 30.7 Å². The summed E-state index contributed by atoms with van der Waals surface area (Å²) in [5, 5.41) is 8.08. The lowest BCUT2D eigenvalue weighted by Crippen LogP contribution is -2.22. The van der Waals surface area contributed by atoms with Gasteiger partial charge in [0.25, 0.3) is 0 Å². The molecule has 0 radical (unpaired) electrons. The van der Waals surface area contributed by atoms with Crippen LogP contribution >= 0.6 is 0 Å². The van der Waals surface area contributed by atoms with E-state index in [4.69, 9.17) is 0 Å². The highest BCUT2D eigenvalue weighted by atomic mass is 15.3. The second kappa shape index (κ2) is 7.10. The SMILES string of the molecule is CCC(CC)CNCc1ccn(-c2ccccc2)n1. The Morgan fingerprint density at radius 2 is 1.84 bits per heavy atom. The minimum atomic E-state index is 0.774. The van der Waals surface area contributed by atoms with E-state index in [0.717, 1.165) is 30.4 Å². The molecule has 0 fully saturated rings. The molecule has 1 aromatic heterocycles. The van der Waals surface area contributed by atoms with Crippen LogP contribution in [0.5, 0.6) is 0 Å². The van der Waals surface area contributed by atoms with Gasteiger partial charge in [-0.2, -0.15) is 5.10 Å². The standard InChI is InChI=1S/C16H23N3/c1-3-14(4-2)12-17-13-15-10-11-19(18-15)16-8-6-5-7-9-16/h5-11,14,17H,3-4,12-13H2,1-2H3. The maximum absolute atomic E-state index is 4.58. The first-order valence-electron chi connectivity index (χ1n) is 7.14. The van der Waals surface area contributed by atoms with E-state index in [9.17, 15) is 0 Å². The lowest BCUT2D eigenvalue weighted by Gasteiger charge is -2.12. The van der Waals surface area contributed by atoms with E-state index < -0.39 is 0 Å². The lowest BCUT2D eigenvalue weighted by atomic mass is 10.0. The topological polar surface area (TPSA) is 29.9 Å². The molecule has 3 nitrogen and oxygen atoms in total. The summed E-state index contributed by atoms with van der Waals surface area (Å²) in [6.45, 7) is 6.42. The van der Waals surface area contributed by atoms with Gasteiger partial charge in [-0.1, -0.05) is 44.9 Å². The number of para-hydroxylation sites is 1. The fourth-order valence-corrected chi connectivity index (χ4v) is 2.16. The van der Waals surface area contributed by atoms with Gasteiger partial charge in [0, 0.05) is 12.7 Å². The van der Waals surface area contributed by atoms with Crippen molar-refractivity contribution >= 4 is 0 Å². The third-order valence-corrected chi connectivity index (χ3v) is 3.56. The zero-order valence-electron chi connectivity index (χ0n) is 11.8. The molecule has 2 rings (SSSR count). The number of nitrogens with zero attached hydrogens (tertiary/aromatic N) is 2. The van der Waals surface area contributed by atoms with E-state index in [-0.39, 0.29) is 0 Å². The highest BCUT2D eigenvalue weighted by Crippen LogP contribution is 2.08. The van der Waals surface area contributed by atoms with Crippen molar-refractivity contribution in [3.05, 3.63) is 48.3 Å². The Balaban J connectivity index is 1.88. The smallest absolute Gasteiger partial charge is 0.0766 e. The van der Waals surface area contributed by atoms with Gasteiger partial charge in [0.1, 0.15) is 0 Å². The number of rotatable bonds is 7. The molecule has 0 spiro atoms. The van der Waals surface area contributed by atoms with Gasteiger partial charge in [-0.25, -0.2) is 4.68 Å². The minimum absolute atomic E-state index is 0.774. The fraction of sp³-hybridized carbons (Fsp3) is 0.438. The van der Waals surface area contributed by atoms with Crippen LogP contribution in [0.25, 0.3) is 5.69 Å². The molecule has 19 heavy (non-hydrogen) atoms. The summed E-state index contributed by atoms with van der Waals surface area (Å²) in [6.07, 6.45) is 4.49. The van der Waals surface area contributed by atoms with Crippen molar-refractivity contribution < 1.29 is 0 Å². The van der Waals surface area contributed by atoms with Gasteiger partial charge < -0.3 is 5.32 Å². The Bertz CT molecular complexity index is 472. The van der Waals surface area contributed by atoms with Gasteiger partial charge in [-0.3, -0.25) is 0 Å². The fourth-order valence-electron chi connectivity index (χ4n) is 2.16. The molecule has 0 unspecified atom stereocenters. The molecule has 0 saturated heterocycles. The van der Waals surface area contributed by atoms with Crippen LogP contribution in [0.4, 0.5) is 0 Å². The summed E-state index contributed by atoms with van der Waals surface area (Å²) in [6, 6.07) is 12.3. The molecule has 3 heteroatoms. The monoisotopic (exact) mass is 257 g/mol. The van der Waals surface area contributed by atoms with Gasteiger partial charge in [-0.15, -0.1) is 0 Å². The molecule has 2 aromatic rings. The molecule has 0 amide bonds. The van der Waals surface area contributed by atoms with Crippen molar-refractivity contribution in [2.45, 2.75) is 33.2 Å².